The summed E-state index contributed by atoms with van der Waals surface area (Å²) in [6.45, 7) is 2.12. The smallest absolute Gasteiger partial charge is 0.174 e. The molecule has 0 amide bonds. The number of hydrogen-bond acceptors (Lipinski definition) is 2. The highest BCUT2D eigenvalue weighted by Gasteiger charge is 2.14. The van der Waals surface area contributed by atoms with Crippen LogP contribution in [0.5, 0.6) is 5.75 Å². The fraction of sp³-hybridized carbons (Fsp3) is 0.148. The zero-order valence-electron chi connectivity index (χ0n) is 18.4. The Balaban J connectivity index is 1.53. The Morgan fingerprint density at radius 1 is 0.909 bits per heavy atom. The fourth-order valence-corrected chi connectivity index (χ4v) is 4.11. The molecule has 0 aliphatic heterocycles. The van der Waals surface area contributed by atoms with E-state index < -0.39 is 0 Å². The Bertz CT molecular complexity index is 1190. The molecule has 0 saturated heterocycles. The SMILES string of the molecule is COc1ccc(NC(=S)N(Cc2ccccc2)Cc2cccn2Cc2cccc(Cl)c2)cc1. The maximum atomic E-state index is 6.19. The fourth-order valence-electron chi connectivity index (χ4n) is 3.66. The maximum Gasteiger partial charge on any atom is 0.174 e. The van der Waals surface area contributed by atoms with Gasteiger partial charge in [-0.3, -0.25) is 0 Å². The second-order valence-electron chi connectivity index (χ2n) is 7.76. The molecular formula is C27H26ClN3OS. The quantitative estimate of drug-likeness (QED) is 0.291. The Hall–Kier alpha value is -3.28. The van der Waals surface area contributed by atoms with Crippen LogP contribution in [-0.2, 0) is 19.6 Å². The van der Waals surface area contributed by atoms with Crippen LogP contribution in [0.15, 0.2) is 97.2 Å². The van der Waals surface area contributed by atoms with Gasteiger partial charge in [-0.05, 0) is 71.9 Å². The van der Waals surface area contributed by atoms with Crippen molar-refractivity contribution < 1.29 is 4.74 Å². The number of nitrogens with one attached hydrogen (secondary N) is 1. The molecule has 4 rings (SSSR count). The van der Waals surface area contributed by atoms with Crippen LogP contribution in [-0.4, -0.2) is 21.7 Å². The van der Waals surface area contributed by atoms with Crippen molar-refractivity contribution in [3.8, 4) is 5.75 Å². The number of methoxy groups -OCH3 is 1. The van der Waals surface area contributed by atoms with Crippen molar-refractivity contribution in [1.82, 2.24) is 9.47 Å². The molecule has 1 heterocycles. The van der Waals surface area contributed by atoms with Crippen LogP contribution in [0.3, 0.4) is 0 Å². The molecule has 1 N–H and O–H groups in total. The van der Waals surface area contributed by atoms with Crippen molar-refractivity contribution in [2.24, 2.45) is 0 Å². The van der Waals surface area contributed by atoms with Crippen molar-refractivity contribution in [2.75, 3.05) is 12.4 Å². The van der Waals surface area contributed by atoms with Gasteiger partial charge >= 0.3 is 0 Å². The average Bonchev–Trinajstić information content (AvgIpc) is 3.26. The number of ether oxygens (including phenoxy) is 1. The monoisotopic (exact) mass is 475 g/mol. The molecule has 0 saturated carbocycles. The zero-order chi connectivity index (χ0) is 23.0. The summed E-state index contributed by atoms with van der Waals surface area (Å²) in [5, 5.41) is 4.79. The third-order valence-corrected chi connectivity index (χ3v) is 5.96. The third kappa shape index (κ3) is 6.37. The molecule has 0 fully saturated rings. The lowest BCUT2D eigenvalue weighted by Gasteiger charge is -2.27. The predicted molar refractivity (Wildman–Crippen MR) is 140 cm³/mol. The summed E-state index contributed by atoms with van der Waals surface area (Å²) in [5.41, 5.74) is 4.45. The van der Waals surface area contributed by atoms with Crippen LogP contribution in [0.1, 0.15) is 16.8 Å². The average molecular weight is 476 g/mol. The number of aromatic nitrogens is 1. The first-order chi connectivity index (χ1) is 16.1. The number of anilines is 1. The second kappa shape index (κ2) is 11.0. The van der Waals surface area contributed by atoms with Gasteiger partial charge < -0.3 is 19.5 Å². The van der Waals surface area contributed by atoms with Crippen molar-refractivity contribution in [2.45, 2.75) is 19.6 Å². The van der Waals surface area contributed by atoms with Gasteiger partial charge in [0.2, 0.25) is 0 Å². The van der Waals surface area contributed by atoms with Gasteiger partial charge in [-0.25, -0.2) is 0 Å². The third-order valence-electron chi connectivity index (χ3n) is 5.36. The highest BCUT2D eigenvalue weighted by Crippen LogP contribution is 2.19. The van der Waals surface area contributed by atoms with Crippen molar-refractivity contribution >= 4 is 34.6 Å². The molecule has 0 unspecified atom stereocenters. The van der Waals surface area contributed by atoms with Gasteiger partial charge in [0, 0.05) is 35.7 Å². The van der Waals surface area contributed by atoms with Gasteiger partial charge in [-0.15, -0.1) is 0 Å². The number of hydrogen-bond donors (Lipinski definition) is 1. The number of nitrogens with zero attached hydrogens (tertiary/aromatic N) is 2. The lowest BCUT2D eigenvalue weighted by molar-refractivity contribution is 0.399. The molecule has 6 heteroatoms. The summed E-state index contributed by atoms with van der Waals surface area (Å²) in [4.78, 5) is 2.18. The first kappa shape index (κ1) is 22.9. The summed E-state index contributed by atoms with van der Waals surface area (Å²) >= 11 is 12.0. The second-order valence-corrected chi connectivity index (χ2v) is 8.58. The molecular weight excluding hydrogens is 450 g/mol. The molecule has 3 aromatic carbocycles. The van der Waals surface area contributed by atoms with Gasteiger partial charge in [0.25, 0.3) is 0 Å². The molecule has 0 bridgehead atoms. The van der Waals surface area contributed by atoms with Crippen molar-refractivity contribution in [1.29, 1.82) is 0 Å². The molecule has 0 aliphatic carbocycles. The summed E-state index contributed by atoms with van der Waals surface area (Å²) in [7, 11) is 1.66. The normalized spacial score (nSPS) is 10.6. The molecule has 4 aromatic rings. The number of thiocarbonyl (C=S) groups is 1. The van der Waals surface area contributed by atoms with Crippen LogP contribution in [0, 0.1) is 0 Å². The first-order valence-electron chi connectivity index (χ1n) is 10.7. The Morgan fingerprint density at radius 2 is 1.67 bits per heavy atom. The number of rotatable bonds is 8. The van der Waals surface area contributed by atoms with Crippen LogP contribution in [0.2, 0.25) is 5.02 Å². The van der Waals surface area contributed by atoms with Gasteiger partial charge in [0.1, 0.15) is 5.75 Å². The van der Waals surface area contributed by atoms with E-state index in [0.717, 1.165) is 28.6 Å². The highest BCUT2D eigenvalue weighted by molar-refractivity contribution is 7.80. The molecule has 0 radical (unpaired) electrons. The van der Waals surface area contributed by atoms with Crippen LogP contribution in [0.4, 0.5) is 5.69 Å². The Morgan fingerprint density at radius 3 is 2.39 bits per heavy atom. The predicted octanol–water partition coefficient (Wildman–Crippen LogP) is 6.60. The number of benzene rings is 3. The van der Waals surface area contributed by atoms with E-state index in [1.807, 2.05) is 48.5 Å². The molecule has 0 atom stereocenters. The summed E-state index contributed by atoms with van der Waals surface area (Å²) in [6, 6.07) is 30.3. The van der Waals surface area contributed by atoms with Gasteiger partial charge in [-0.2, -0.15) is 0 Å². The lowest BCUT2D eigenvalue weighted by atomic mass is 10.2. The number of halogens is 1. The zero-order valence-corrected chi connectivity index (χ0v) is 20.0. The van der Waals surface area contributed by atoms with E-state index in [4.69, 9.17) is 28.6 Å². The van der Waals surface area contributed by atoms with E-state index in [1.165, 1.54) is 11.3 Å². The van der Waals surface area contributed by atoms with Gasteiger partial charge in [0.15, 0.2) is 5.11 Å². The van der Waals surface area contributed by atoms with E-state index in [2.05, 4.69) is 63.4 Å². The molecule has 33 heavy (non-hydrogen) atoms. The first-order valence-corrected chi connectivity index (χ1v) is 11.5. The minimum atomic E-state index is 0.666. The largest absolute Gasteiger partial charge is 0.497 e. The van der Waals surface area contributed by atoms with Gasteiger partial charge in [-0.1, -0.05) is 54.1 Å². The van der Waals surface area contributed by atoms with Crippen LogP contribution < -0.4 is 10.1 Å². The maximum absolute atomic E-state index is 6.19. The van der Waals surface area contributed by atoms with Crippen molar-refractivity contribution in [3.63, 3.8) is 0 Å². The van der Waals surface area contributed by atoms with E-state index in [9.17, 15) is 0 Å². The minimum absolute atomic E-state index is 0.666. The van der Waals surface area contributed by atoms with Crippen LogP contribution in [0.25, 0.3) is 0 Å². The Kier molecular flexibility index (Phi) is 7.66. The van der Waals surface area contributed by atoms with Crippen LogP contribution >= 0.6 is 23.8 Å². The standard InChI is InChI=1S/C27H26ClN3OS/c1-32-26-14-12-24(13-15-26)29-27(33)31(18-21-7-3-2-4-8-21)20-25-11-6-16-30(25)19-22-9-5-10-23(28)17-22/h2-17H,18-20H2,1H3,(H,29,33). The summed E-state index contributed by atoms with van der Waals surface area (Å²) in [5.74, 6) is 0.812. The summed E-state index contributed by atoms with van der Waals surface area (Å²) < 4.78 is 7.49. The topological polar surface area (TPSA) is 29.4 Å². The molecule has 4 nitrogen and oxygen atoms in total. The highest BCUT2D eigenvalue weighted by atomic mass is 35.5. The minimum Gasteiger partial charge on any atom is -0.497 e. The van der Waals surface area contributed by atoms with Gasteiger partial charge in [0.05, 0.1) is 13.7 Å². The van der Waals surface area contributed by atoms with E-state index in [1.54, 1.807) is 7.11 Å². The van der Waals surface area contributed by atoms with E-state index in [-0.39, 0.29) is 0 Å². The molecule has 1 aromatic heterocycles. The molecule has 0 aliphatic rings. The Labute approximate surface area is 205 Å². The summed E-state index contributed by atoms with van der Waals surface area (Å²) in [6.07, 6.45) is 2.09. The van der Waals surface area contributed by atoms with E-state index >= 15 is 0 Å². The van der Waals surface area contributed by atoms with E-state index in [0.29, 0.717) is 18.2 Å². The molecule has 0 spiro atoms. The van der Waals surface area contributed by atoms with Crippen molar-refractivity contribution in [3.05, 3.63) is 119 Å². The lowest BCUT2D eigenvalue weighted by Crippen LogP contribution is -2.34. The molecule has 168 valence electrons.